The number of halogens is 2. The van der Waals surface area contributed by atoms with Crippen LogP contribution in [0.15, 0.2) is 0 Å². The van der Waals surface area contributed by atoms with Crippen molar-refractivity contribution in [1.29, 1.82) is 0 Å². The topological polar surface area (TPSA) is 30.5 Å². The molecule has 0 radical (unpaired) electrons. The van der Waals surface area contributed by atoms with Crippen molar-refractivity contribution in [2.75, 3.05) is 26.3 Å². The average Bonchev–Trinajstić information content (AvgIpc) is 2.27. The first kappa shape index (κ1) is 9.30. The summed E-state index contributed by atoms with van der Waals surface area (Å²) in [5.74, 6) is -2.65. The lowest BCUT2D eigenvalue weighted by Gasteiger charge is -2.28. The molecule has 2 rings (SSSR count). The Labute approximate surface area is 75.4 Å². The van der Waals surface area contributed by atoms with Crippen molar-refractivity contribution >= 4 is 0 Å². The number of rotatable bonds is 3. The van der Waals surface area contributed by atoms with Crippen LogP contribution < -0.4 is 5.32 Å². The predicted octanol–water partition coefficient (Wildman–Crippen LogP) is 0.399. The first-order valence-electron chi connectivity index (χ1n) is 4.47. The van der Waals surface area contributed by atoms with Gasteiger partial charge in [-0.25, -0.2) is 8.78 Å². The average molecular weight is 193 g/mol. The van der Waals surface area contributed by atoms with Crippen LogP contribution in [0.3, 0.4) is 0 Å². The Morgan fingerprint density at radius 1 is 1.46 bits per heavy atom. The Balaban J connectivity index is 1.65. The summed E-state index contributed by atoms with van der Waals surface area (Å²) in [6.07, 6.45) is -0.430. The maximum Gasteiger partial charge on any atom is 0.273 e. The van der Waals surface area contributed by atoms with Crippen LogP contribution in [0, 0.1) is 0 Å². The Hall–Kier alpha value is -0.260. The molecule has 2 heterocycles. The van der Waals surface area contributed by atoms with Gasteiger partial charge in [0.25, 0.3) is 5.92 Å². The van der Waals surface area contributed by atoms with Crippen molar-refractivity contribution < 1.29 is 18.3 Å². The van der Waals surface area contributed by atoms with Crippen LogP contribution in [0.25, 0.3) is 0 Å². The molecule has 76 valence electrons. The lowest BCUT2D eigenvalue weighted by Crippen LogP contribution is -2.49. The molecular weight excluding hydrogens is 180 g/mol. The highest BCUT2D eigenvalue weighted by Crippen LogP contribution is 2.29. The second kappa shape index (κ2) is 3.48. The minimum absolute atomic E-state index is 0.192. The van der Waals surface area contributed by atoms with Gasteiger partial charge in [0.1, 0.15) is 6.61 Å². The van der Waals surface area contributed by atoms with Crippen LogP contribution in [0.4, 0.5) is 8.78 Å². The molecule has 2 aliphatic rings. The lowest BCUT2D eigenvalue weighted by molar-refractivity contribution is -0.0418. The SMILES string of the molecule is FC1(F)COC(COC2CNC2)C1. The first-order valence-corrected chi connectivity index (χ1v) is 4.47. The zero-order valence-corrected chi connectivity index (χ0v) is 7.26. The van der Waals surface area contributed by atoms with Crippen LogP contribution in [0.1, 0.15) is 6.42 Å². The molecule has 3 nitrogen and oxygen atoms in total. The Bertz CT molecular complexity index is 185. The lowest BCUT2D eigenvalue weighted by atomic mass is 10.2. The van der Waals surface area contributed by atoms with E-state index < -0.39 is 18.6 Å². The van der Waals surface area contributed by atoms with Gasteiger partial charge in [0.15, 0.2) is 0 Å². The summed E-state index contributed by atoms with van der Waals surface area (Å²) in [6, 6.07) is 0. The van der Waals surface area contributed by atoms with E-state index in [0.717, 1.165) is 13.1 Å². The van der Waals surface area contributed by atoms with E-state index in [4.69, 9.17) is 9.47 Å². The summed E-state index contributed by atoms with van der Waals surface area (Å²) in [5.41, 5.74) is 0. The Morgan fingerprint density at radius 3 is 2.69 bits per heavy atom. The van der Waals surface area contributed by atoms with E-state index in [1.165, 1.54) is 0 Å². The molecule has 1 unspecified atom stereocenters. The molecule has 2 aliphatic heterocycles. The molecule has 0 aromatic heterocycles. The van der Waals surface area contributed by atoms with E-state index in [0.29, 0.717) is 6.61 Å². The van der Waals surface area contributed by atoms with Crippen LogP contribution in [0.2, 0.25) is 0 Å². The van der Waals surface area contributed by atoms with Gasteiger partial charge in [0, 0.05) is 19.5 Å². The van der Waals surface area contributed by atoms with Gasteiger partial charge in [-0.2, -0.15) is 0 Å². The Kier molecular flexibility index (Phi) is 2.49. The smallest absolute Gasteiger partial charge is 0.273 e. The largest absolute Gasteiger partial charge is 0.373 e. The maximum atomic E-state index is 12.6. The van der Waals surface area contributed by atoms with Gasteiger partial charge in [-0.1, -0.05) is 0 Å². The predicted molar refractivity (Wildman–Crippen MR) is 41.9 cm³/mol. The summed E-state index contributed by atoms with van der Waals surface area (Å²) >= 11 is 0. The van der Waals surface area contributed by atoms with Gasteiger partial charge in [0.05, 0.1) is 18.8 Å². The Morgan fingerprint density at radius 2 is 2.23 bits per heavy atom. The molecule has 0 bridgehead atoms. The minimum atomic E-state index is -2.65. The fraction of sp³-hybridized carbons (Fsp3) is 1.00. The van der Waals surface area contributed by atoms with E-state index in [1.807, 2.05) is 0 Å². The van der Waals surface area contributed by atoms with Crippen molar-refractivity contribution in [1.82, 2.24) is 5.32 Å². The molecular formula is C8H13F2NO2. The normalized spacial score (nSPS) is 33.2. The van der Waals surface area contributed by atoms with Crippen molar-refractivity contribution in [2.45, 2.75) is 24.6 Å². The van der Waals surface area contributed by atoms with Crippen molar-refractivity contribution in [3.63, 3.8) is 0 Å². The molecule has 2 saturated heterocycles. The standard InChI is InChI=1S/C8H13F2NO2/c9-8(10)1-6(13-5-8)4-12-7-2-11-3-7/h6-7,11H,1-5H2. The fourth-order valence-corrected chi connectivity index (χ4v) is 1.42. The molecule has 5 heteroatoms. The van der Waals surface area contributed by atoms with Crippen LogP contribution in [-0.4, -0.2) is 44.4 Å². The minimum Gasteiger partial charge on any atom is -0.373 e. The molecule has 0 aromatic carbocycles. The number of nitrogens with one attached hydrogen (secondary N) is 1. The van der Waals surface area contributed by atoms with Crippen LogP contribution in [0.5, 0.6) is 0 Å². The van der Waals surface area contributed by atoms with Gasteiger partial charge in [-0.3, -0.25) is 0 Å². The number of ether oxygens (including phenoxy) is 2. The van der Waals surface area contributed by atoms with Gasteiger partial charge >= 0.3 is 0 Å². The van der Waals surface area contributed by atoms with E-state index in [9.17, 15) is 8.78 Å². The first-order chi connectivity index (χ1) is 6.16. The molecule has 0 amide bonds. The number of hydrogen-bond acceptors (Lipinski definition) is 3. The maximum absolute atomic E-state index is 12.6. The van der Waals surface area contributed by atoms with E-state index in [2.05, 4.69) is 5.32 Å². The number of hydrogen-bond donors (Lipinski definition) is 1. The van der Waals surface area contributed by atoms with Crippen LogP contribution >= 0.6 is 0 Å². The third-order valence-corrected chi connectivity index (χ3v) is 2.32. The van der Waals surface area contributed by atoms with Gasteiger partial charge in [-0.15, -0.1) is 0 Å². The van der Waals surface area contributed by atoms with Gasteiger partial charge in [-0.05, 0) is 0 Å². The highest BCUT2D eigenvalue weighted by molar-refractivity contribution is 4.81. The third kappa shape index (κ3) is 2.36. The van der Waals surface area contributed by atoms with Crippen molar-refractivity contribution in [3.05, 3.63) is 0 Å². The fourth-order valence-electron chi connectivity index (χ4n) is 1.42. The summed E-state index contributed by atoms with van der Waals surface area (Å²) in [6.45, 7) is 1.48. The molecule has 0 spiro atoms. The van der Waals surface area contributed by atoms with Crippen molar-refractivity contribution in [3.8, 4) is 0 Å². The third-order valence-electron chi connectivity index (χ3n) is 2.32. The van der Waals surface area contributed by atoms with Crippen LogP contribution in [-0.2, 0) is 9.47 Å². The molecule has 0 aromatic rings. The molecule has 0 saturated carbocycles. The molecule has 13 heavy (non-hydrogen) atoms. The highest BCUT2D eigenvalue weighted by Gasteiger charge is 2.41. The highest BCUT2D eigenvalue weighted by atomic mass is 19.3. The molecule has 2 fully saturated rings. The van der Waals surface area contributed by atoms with Gasteiger partial charge < -0.3 is 14.8 Å². The second-order valence-corrected chi connectivity index (χ2v) is 3.61. The summed E-state index contributed by atoms with van der Waals surface area (Å²) in [5, 5.41) is 3.04. The summed E-state index contributed by atoms with van der Waals surface area (Å²) < 4.78 is 35.5. The zero-order chi connectivity index (χ0) is 9.31. The monoisotopic (exact) mass is 193 g/mol. The van der Waals surface area contributed by atoms with Crippen molar-refractivity contribution in [2.24, 2.45) is 0 Å². The molecule has 1 N–H and O–H groups in total. The number of alkyl halides is 2. The van der Waals surface area contributed by atoms with Gasteiger partial charge in [0.2, 0.25) is 0 Å². The van der Waals surface area contributed by atoms with E-state index in [1.54, 1.807) is 0 Å². The zero-order valence-electron chi connectivity index (χ0n) is 7.26. The van der Waals surface area contributed by atoms with E-state index >= 15 is 0 Å². The molecule has 0 aliphatic carbocycles. The van der Waals surface area contributed by atoms with E-state index in [-0.39, 0.29) is 12.5 Å². The quantitative estimate of drug-likeness (QED) is 0.703. The molecule has 1 atom stereocenters. The summed E-state index contributed by atoms with van der Waals surface area (Å²) in [4.78, 5) is 0. The summed E-state index contributed by atoms with van der Waals surface area (Å²) in [7, 11) is 0. The second-order valence-electron chi connectivity index (χ2n) is 3.61.